The molecular weight excluding hydrogens is 300 g/mol. The maximum Gasteiger partial charge on any atom is 0.244 e. The summed E-state index contributed by atoms with van der Waals surface area (Å²) in [6.45, 7) is 0.307. The zero-order valence-corrected chi connectivity index (χ0v) is 12.3. The average Bonchev–Trinajstić information content (AvgIpc) is 2.49. The first-order valence-corrected chi connectivity index (χ1v) is 6.72. The van der Waals surface area contributed by atoms with E-state index in [1.807, 2.05) is 0 Å². The third kappa shape index (κ3) is 4.60. The molecule has 6 N–H and O–H groups in total. The predicted octanol–water partition coefficient (Wildman–Crippen LogP) is -3.95. The summed E-state index contributed by atoms with van der Waals surface area (Å²) in [4.78, 5) is 22.7. The minimum absolute atomic E-state index is 0.331. The number of hydrogen-bond donors (Lipinski definition) is 6. The van der Waals surface area contributed by atoms with Gasteiger partial charge in [-0.25, -0.2) is 0 Å². The molecule has 2 amide bonds. The van der Waals surface area contributed by atoms with E-state index in [9.17, 15) is 24.9 Å². The lowest BCUT2D eigenvalue weighted by atomic mass is 9.99. The summed E-state index contributed by atoms with van der Waals surface area (Å²) < 4.78 is 10.3. The first-order valence-electron chi connectivity index (χ1n) is 6.72. The molecule has 10 heteroatoms. The molecule has 10 nitrogen and oxygen atoms in total. The van der Waals surface area contributed by atoms with Crippen LogP contribution in [0.1, 0.15) is 6.92 Å². The Balaban J connectivity index is 2.66. The number of amides is 2. The Morgan fingerprint density at radius 2 is 1.86 bits per heavy atom. The number of rotatable bonds is 6. The molecule has 0 aromatic heterocycles. The number of carbonyl (C=O) groups is 2. The van der Waals surface area contributed by atoms with Crippen molar-refractivity contribution in [2.75, 3.05) is 20.3 Å². The van der Waals surface area contributed by atoms with Gasteiger partial charge in [-0.1, -0.05) is 0 Å². The molecule has 1 rings (SSSR count). The molecule has 128 valence electrons. The number of carbonyl (C=O) groups excluding carboxylic acids is 2. The topological polar surface area (TPSA) is 158 Å². The van der Waals surface area contributed by atoms with Crippen LogP contribution >= 0.6 is 0 Å². The standard InChI is InChI=1S/C12H22N2O8/c1-5(16)14-6(11(20)13-2)4-21-12-10(19)9(18)8(17)7(3-15)22-12/h6-10,12,15,17-19H,3-4H2,1-2H3,(H,13,20)(H,14,16)/t6-,7+,8+,9-,10+,12+/m0/s1. The van der Waals surface area contributed by atoms with Gasteiger partial charge in [0.1, 0.15) is 30.5 Å². The molecule has 22 heavy (non-hydrogen) atoms. The summed E-state index contributed by atoms with van der Waals surface area (Å²) in [5.41, 5.74) is 0. The number of aliphatic hydroxyl groups excluding tert-OH is 4. The summed E-state index contributed by atoms with van der Waals surface area (Å²) in [5, 5.41) is 42.8. The summed E-state index contributed by atoms with van der Waals surface area (Å²) >= 11 is 0. The van der Waals surface area contributed by atoms with E-state index in [0.717, 1.165) is 0 Å². The SMILES string of the molecule is CNC(=O)[C@H](CO[C@@H]1O[C@H](CO)[C@@H](O)[C@H](O)[C@H]1O)NC(C)=O. The molecule has 0 saturated carbocycles. The molecule has 0 aromatic rings. The molecule has 0 aromatic carbocycles. The van der Waals surface area contributed by atoms with Crippen molar-refractivity contribution in [2.45, 2.75) is 43.7 Å². The van der Waals surface area contributed by atoms with Crippen molar-refractivity contribution in [1.82, 2.24) is 10.6 Å². The summed E-state index contributed by atoms with van der Waals surface area (Å²) in [6, 6.07) is -1.02. The van der Waals surface area contributed by atoms with Crippen molar-refractivity contribution in [1.29, 1.82) is 0 Å². The van der Waals surface area contributed by atoms with Crippen molar-refractivity contribution in [3.05, 3.63) is 0 Å². The van der Waals surface area contributed by atoms with Crippen LogP contribution in [0.25, 0.3) is 0 Å². The van der Waals surface area contributed by atoms with Crippen LogP contribution in [0.3, 0.4) is 0 Å². The Morgan fingerprint density at radius 1 is 1.23 bits per heavy atom. The van der Waals surface area contributed by atoms with Gasteiger partial charge in [-0.15, -0.1) is 0 Å². The highest BCUT2D eigenvalue weighted by molar-refractivity contribution is 5.86. The van der Waals surface area contributed by atoms with E-state index in [2.05, 4.69) is 10.6 Å². The highest BCUT2D eigenvalue weighted by Crippen LogP contribution is 2.21. The van der Waals surface area contributed by atoms with Crippen molar-refractivity contribution >= 4 is 11.8 Å². The van der Waals surface area contributed by atoms with Gasteiger partial charge in [0.15, 0.2) is 6.29 Å². The molecule has 0 spiro atoms. The first-order chi connectivity index (χ1) is 10.3. The molecule has 0 bridgehead atoms. The number of hydrogen-bond acceptors (Lipinski definition) is 8. The van der Waals surface area contributed by atoms with Gasteiger partial charge in [-0.2, -0.15) is 0 Å². The van der Waals surface area contributed by atoms with Crippen LogP contribution in [0.15, 0.2) is 0 Å². The Kier molecular flexibility index (Phi) is 7.13. The second-order valence-electron chi connectivity index (χ2n) is 4.90. The van der Waals surface area contributed by atoms with E-state index in [1.165, 1.54) is 14.0 Å². The molecular formula is C12H22N2O8. The largest absolute Gasteiger partial charge is 0.394 e. The number of aliphatic hydroxyl groups is 4. The van der Waals surface area contributed by atoms with Gasteiger partial charge < -0.3 is 40.5 Å². The van der Waals surface area contributed by atoms with Crippen LogP contribution in [0.5, 0.6) is 0 Å². The lowest BCUT2D eigenvalue weighted by molar-refractivity contribution is -0.301. The average molecular weight is 322 g/mol. The maximum atomic E-state index is 11.6. The van der Waals surface area contributed by atoms with E-state index in [0.29, 0.717) is 0 Å². The lowest BCUT2D eigenvalue weighted by Gasteiger charge is -2.39. The van der Waals surface area contributed by atoms with Crippen LogP contribution in [-0.2, 0) is 19.1 Å². The van der Waals surface area contributed by atoms with Gasteiger partial charge in [0.05, 0.1) is 13.2 Å². The van der Waals surface area contributed by atoms with Crippen molar-refractivity contribution in [3.63, 3.8) is 0 Å². The van der Waals surface area contributed by atoms with Gasteiger partial charge in [0.25, 0.3) is 0 Å². The first kappa shape index (κ1) is 18.7. The second-order valence-corrected chi connectivity index (χ2v) is 4.90. The Bertz CT molecular complexity index is 391. The van der Waals surface area contributed by atoms with Gasteiger partial charge in [-0.05, 0) is 0 Å². The van der Waals surface area contributed by atoms with E-state index in [-0.39, 0.29) is 6.61 Å². The second kappa shape index (κ2) is 8.36. The van der Waals surface area contributed by atoms with Gasteiger partial charge in [-0.3, -0.25) is 9.59 Å². The lowest BCUT2D eigenvalue weighted by Crippen LogP contribution is -2.60. The van der Waals surface area contributed by atoms with E-state index < -0.39 is 55.2 Å². The fraction of sp³-hybridized carbons (Fsp3) is 0.833. The third-order valence-electron chi connectivity index (χ3n) is 3.22. The minimum atomic E-state index is -1.57. The van der Waals surface area contributed by atoms with Gasteiger partial charge in [0.2, 0.25) is 11.8 Å². The molecule has 0 aliphatic carbocycles. The fourth-order valence-electron chi connectivity index (χ4n) is 2.00. The zero-order chi connectivity index (χ0) is 16.9. The van der Waals surface area contributed by atoms with E-state index in [4.69, 9.17) is 14.6 Å². The predicted molar refractivity (Wildman–Crippen MR) is 71.4 cm³/mol. The molecule has 1 fully saturated rings. The Morgan fingerprint density at radius 3 is 2.36 bits per heavy atom. The number of likely N-dealkylation sites (N-methyl/N-ethyl adjacent to an activating group) is 1. The Hall–Kier alpha value is -1.30. The summed E-state index contributed by atoms with van der Waals surface area (Å²) in [5.74, 6) is -0.967. The fourth-order valence-corrected chi connectivity index (χ4v) is 2.00. The maximum absolute atomic E-state index is 11.6. The van der Waals surface area contributed by atoms with E-state index in [1.54, 1.807) is 0 Å². The van der Waals surface area contributed by atoms with Crippen LogP contribution in [0.4, 0.5) is 0 Å². The summed E-state index contributed by atoms with van der Waals surface area (Å²) in [7, 11) is 1.38. The highest BCUT2D eigenvalue weighted by atomic mass is 16.7. The van der Waals surface area contributed by atoms with Crippen LogP contribution in [-0.4, -0.2) is 89.2 Å². The van der Waals surface area contributed by atoms with Crippen LogP contribution in [0.2, 0.25) is 0 Å². The van der Waals surface area contributed by atoms with Crippen molar-refractivity contribution in [2.24, 2.45) is 0 Å². The molecule has 1 aliphatic rings. The van der Waals surface area contributed by atoms with Crippen LogP contribution < -0.4 is 10.6 Å². The smallest absolute Gasteiger partial charge is 0.244 e. The molecule has 0 radical (unpaired) electrons. The van der Waals surface area contributed by atoms with E-state index >= 15 is 0 Å². The minimum Gasteiger partial charge on any atom is -0.394 e. The normalized spacial score (nSPS) is 33.1. The zero-order valence-electron chi connectivity index (χ0n) is 12.3. The van der Waals surface area contributed by atoms with Crippen molar-refractivity contribution < 1.29 is 39.5 Å². The Labute approximate surface area is 127 Å². The number of ether oxygens (including phenoxy) is 2. The number of nitrogens with one attached hydrogen (secondary N) is 2. The van der Waals surface area contributed by atoms with Crippen LogP contribution in [0, 0.1) is 0 Å². The molecule has 6 atom stereocenters. The molecule has 1 aliphatic heterocycles. The summed E-state index contributed by atoms with van der Waals surface area (Å²) in [6.07, 6.45) is -7.11. The highest BCUT2D eigenvalue weighted by Gasteiger charge is 2.44. The quantitative estimate of drug-likeness (QED) is 0.289. The molecule has 1 saturated heterocycles. The van der Waals surface area contributed by atoms with Crippen molar-refractivity contribution in [3.8, 4) is 0 Å². The third-order valence-corrected chi connectivity index (χ3v) is 3.22. The monoisotopic (exact) mass is 322 g/mol. The van der Waals surface area contributed by atoms with Gasteiger partial charge in [0, 0.05) is 14.0 Å². The molecule has 1 heterocycles. The van der Waals surface area contributed by atoms with Gasteiger partial charge >= 0.3 is 0 Å². The molecule has 0 unspecified atom stereocenters.